The molecule has 0 aliphatic carbocycles. The van der Waals surface area contributed by atoms with Crippen LogP contribution in [0.4, 0.5) is 0 Å². The van der Waals surface area contributed by atoms with Crippen LogP contribution < -0.4 is 10.6 Å². The molecule has 1 atom stereocenters. The van der Waals surface area contributed by atoms with Crippen molar-refractivity contribution in [3.8, 4) is 11.4 Å². The Morgan fingerprint density at radius 3 is 3.00 bits per heavy atom. The average Bonchev–Trinajstić information content (AvgIpc) is 3.10. The second kappa shape index (κ2) is 7.47. The average molecular weight is 316 g/mol. The van der Waals surface area contributed by atoms with Gasteiger partial charge in [-0.25, -0.2) is 4.98 Å². The van der Waals surface area contributed by atoms with Gasteiger partial charge in [-0.05, 0) is 50.4 Å². The zero-order valence-electron chi connectivity index (χ0n) is 12.4. The number of pyridine rings is 1. The van der Waals surface area contributed by atoms with Crippen molar-refractivity contribution in [1.82, 2.24) is 20.6 Å². The van der Waals surface area contributed by atoms with Gasteiger partial charge in [0, 0.05) is 18.1 Å². The molecule has 116 valence electrons. The molecule has 0 bridgehead atoms. The minimum absolute atomic E-state index is 0.0545. The SMILES string of the molecule is O=C(NCCC1CCCNC1)c1ccc(-c2cscn2)nc1. The van der Waals surface area contributed by atoms with Gasteiger partial charge in [-0.2, -0.15) is 0 Å². The van der Waals surface area contributed by atoms with Crippen LogP contribution in [0, 0.1) is 5.92 Å². The lowest BCUT2D eigenvalue weighted by atomic mass is 9.96. The second-order valence-corrected chi connectivity index (χ2v) is 6.28. The Hall–Kier alpha value is -1.79. The predicted molar refractivity (Wildman–Crippen MR) is 87.9 cm³/mol. The van der Waals surface area contributed by atoms with Crippen LogP contribution in [0.5, 0.6) is 0 Å². The Labute approximate surface area is 134 Å². The first-order chi connectivity index (χ1) is 10.8. The quantitative estimate of drug-likeness (QED) is 0.888. The van der Waals surface area contributed by atoms with E-state index < -0.39 is 0 Å². The number of rotatable bonds is 5. The van der Waals surface area contributed by atoms with Gasteiger partial charge in [0.05, 0.1) is 22.5 Å². The molecule has 3 heterocycles. The van der Waals surface area contributed by atoms with Crippen molar-refractivity contribution in [1.29, 1.82) is 0 Å². The molecule has 5 nitrogen and oxygen atoms in total. The van der Waals surface area contributed by atoms with E-state index in [9.17, 15) is 4.79 Å². The molecule has 6 heteroatoms. The summed E-state index contributed by atoms with van der Waals surface area (Å²) in [4.78, 5) is 20.6. The maximum Gasteiger partial charge on any atom is 0.252 e. The van der Waals surface area contributed by atoms with Crippen LogP contribution in [0.15, 0.2) is 29.2 Å². The number of hydrogen-bond acceptors (Lipinski definition) is 5. The lowest BCUT2D eigenvalue weighted by Gasteiger charge is -2.22. The molecule has 1 unspecified atom stereocenters. The van der Waals surface area contributed by atoms with E-state index >= 15 is 0 Å². The molecule has 0 radical (unpaired) electrons. The van der Waals surface area contributed by atoms with Gasteiger partial charge in [-0.1, -0.05) is 0 Å². The maximum absolute atomic E-state index is 12.1. The number of nitrogens with one attached hydrogen (secondary N) is 2. The molecule has 1 aliphatic heterocycles. The second-order valence-electron chi connectivity index (χ2n) is 5.56. The minimum Gasteiger partial charge on any atom is -0.352 e. The van der Waals surface area contributed by atoms with E-state index in [4.69, 9.17) is 0 Å². The first kappa shape index (κ1) is 15.1. The van der Waals surface area contributed by atoms with Gasteiger partial charge in [0.25, 0.3) is 5.91 Å². The van der Waals surface area contributed by atoms with Crippen LogP contribution in [0.3, 0.4) is 0 Å². The molecule has 1 saturated heterocycles. The minimum atomic E-state index is -0.0545. The van der Waals surface area contributed by atoms with E-state index in [0.29, 0.717) is 11.5 Å². The van der Waals surface area contributed by atoms with E-state index in [0.717, 1.165) is 37.4 Å². The number of piperidine rings is 1. The van der Waals surface area contributed by atoms with Gasteiger partial charge < -0.3 is 10.6 Å². The standard InChI is InChI=1S/C16H20N4OS/c21-16(18-7-5-12-2-1-6-17-8-12)13-3-4-14(19-9-13)15-10-22-11-20-15/h3-4,9-12,17H,1-2,5-8H2,(H,18,21). The molecule has 3 rings (SSSR count). The maximum atomic E-state index is 12.1. The Balaban J connectivity index is 1.49. The Kier molecular flexibility index (Phi) is 5.13. The number of carbonyl (C=O) groups is 1. The molecule has 22 heavy (non-hydrogen) atoms. The van der Waals surface area contributed by atoms with E-state index in [1.165, 1.54) is 24.2 Å². The summed E-state index contributed by atoms with van der Waals surface area (Å²) >= 11 is 1.53. The van der Waals surface area contributed by atoms with Gasteiger partial charge in [0.15, 0.2) is 0 Å². The Morgan fingerprint density at radius 1 is 1.36 bits per heavy atom. The van der Waals surface area contributed by atoms with E-state index in [-0.39, 0.29) is 5.91 Å². The lowest BCUT2D eigenvalue weighted by molar-refractivity contribution is 0.0950. The van der Waals surface area contributed by atoms with Crippen LogP contribution in [0.25, 0.3) is 11.4 Å². The highest BCUT2D eigenvalue weighted by atomic mass is 32.1. The van der Waals surface area contributed by atoms with Gasteiger partial charge >= 0.3 is 0 Å². The normalized spacial score (nSPS) is 18.1. The van der Waals surface area contributed by atoms with Crippen molar-refractivity contribution in [3.63, 3.8) is 0 Å². The summed E-state index contributed by atoms with van der Waals surface area (Å²) in [6.45, 7) is 2.92. The van der Waals surface area contributed by atoms with E-state index in [1.807, 2.05) is 11.4 Å². The van der Waals surface area contributed by atoms with Gasteiger partial charge in [-0.3, -0.25) is 9.78 Å². The van der Waals surface area contributed by atoms with Crippen molar-refractivity contribution in [2.45, 2.75) is 19.3 Å². The Bertz CT molecular complexity index is 591. The van der Waals surface area contributed by atoms with Crippen molar-refractivity contribution < 1.29 is 4.79 Å². The predicted octanol–water partition coefficient (Wildman–Crippen LogP) is 2.32. The topological polar surface area (TPSA) is 66.9 Å². The fourth-order valence-electron chi connectivity index (χ4n) is 2.68. The molecule has 0 saturated carbocycles. The fourth-order valence-corrected chi connectivity index (χ4v) is 3.23. The molecular formula is C16H20N4OS. The molecule has 1 amide bonds. The molecule has 2 aromatic rings. The first-order valence-corrected chi connectivity index (χ1v) is 8.61. The summed E-state index contributed by atoms with van der Waals surface area (Å²) in [6, 6.07) is 3.65. The lowest BCUT2D eigenvalue weighted by Crippen LogP contribution is -2.33. The van der Waals surface area contributed by atoms with Gasteiger partial charge in [-0.15, -0.1) is 11.3 Å². The van der Waals surface area contributed by atoms with Crippen LogP contribution in [0.2, 0.25) is 0 Å². The smallest absolute Gasteiger partial charge is 0.252 e. The van der Waals surface area contributed by atoms with Crippen molar-refractivity contribution in [3.05, 3.63) is 34.8 Å². The molecule has 0 spiro atoms. The van der Waals surface area contributed by atoms with E-state index in [1.54, 1.807) is 17.8 Å². The summed E-state index contributed by atoms with van der Waals surface area (Å²) in [7, 11) is 0. The highest BCUT2D eigenvalue weighted by Gasteiger charge is 2.13. The van der Waals surface area contributed by atoms with Gasteiger partial charge in [0.1, 0.15) is 0 Å². The zero-order valence-corrected chi connectivity index (χ0v) is 13.2. The summed E-state index contributed by atoms with van der Waals surface area (Å²) in [5.74, 6) is 0.625. The Morgan fingerprint density at radius 2 is 2.32 bits per heavy atom. The number of thiazole rings is 1. The van der Waals surface area contributed by atoms with Crippen molar-refractivity contribution in [2.24, 2.45) is 5.92 Å². The number of hydrogen-bond donors (Lipinski definition) is 2. The third kappa shape index (κ3) is 3.90. The molecular weight excluding hydrogens is 296 g/mol. The van der Waals surface area contributed by atoms with Crippen LogP contribution in [0.1, 0.15) is 29.6 Å². The third-order valence-electron chi connectivity index (χ3n) is 3.96. The van der Waals surface area contributed by atoms with Crippen molar-refractivity contribution >= 4 is 17.2 Å². The monoisotopic (exact) mass is 316 g/mol. The number of nitrogens with zero attached hydrogens (tertiary/aromatic N) is 2. The zero-order chi connectivity index (χ0) is 15.2. The molecule has 0 aromatic carbocycles. The summed E-state index contributed by atoms with van der Waals surface area (Å²) in [5, 5.41) is 8.32. The summed E-state index contributed by atoms with van der Waals surface area (Å²) in [5.41, 5.74) is 4.02. The third-order valence-corrected chi connectivity index (χ3v) is 4.54. The summed E-state index contributed by atoms with van der Waals surface area (Å²) < 4.78 is 0. The largest absolute Gasteiger partial charge is 0.352 e. The van der Waals surface area contributed by atoms with Crippen LogP contribution in [-0.2, 0) is 0 Å². The van der Waals surface area contributed by atoms with Crippen LogP contribution >= 0.6 is 11.3 Å². The fraction of sp³-hybridized carbons (Fsp3) is 0.438. The molecule has 2 N–H and O–H groups in total. The van der Waals surface area contributed by atoms with Crippen LogP contribution in [-0.4, -0.2) is 35.5 Å². The highest BCUT2D eigenvalue weighted by molar-refractivity contribution is 7.07. The number of aromatic nitrogens is 2. The first-order valence-electron chi connectivity index (χ1n) is 7.66. The molecule has 1 fully saturated rings. The molecule has 1 aliphatic rings. The number of carbonyl (C=O) groups excluding carboxylic acids is 1. The highest BCUT2D eigenvalue weighted by Crippen LogP contribution is 2.16. The van der Waals surface area contributed by atoms with Gasteiger partial charge in [0.2, 0.25) is 0 Å². The molecule has 2 aromatic heterocycles. The van der Waals surface area contributed by atoms with E-state index in [2.05, 4.69) is 20.6 Å². The summed E-state index contributed by atoms with van der Waals surface area (Å²) in [6.07, 6.45) is 5.14. The van der Waals surface area contributed by atoms with Crippen molar-refractivity contribution in [2.75, 3.05) is 19.6 Å². The number of amides is 1.